The Bertz CT molecular complexity index is 1130. The fourth-order valence-electron chi connectivity index (χ4n) is 4.44. The van der Waals surface area contributed by atoms with Crippen molar-refractivity contribution in [2.75, 3.05) is 23.8 Å². The molecular formula is C25H32N4O3. The molecule has 0 bridgehead atoms. The summed E-state index contributed by atoms with van der Waals surface area (Å²) in [6, 6.07) is 11.5. The van der Waals surface area contributed by atoms with Gasteiger partial charge in [0.25, 0.3) is 0 Å². The van der Waals surface area contributed by atoms with Gasteiger partial charge >= 0.3 is 6.03 Å². The van der Waals surface area contributed by atoms with Crippen molar-refractivity contribution in [1.29, 1.82) is 0 Å². The number of hydrogen-bond acceptors (Lipinski definition) is 4. The minimum Gasteiger partial charge on any atom is -0.394 e. The number of para-hydroxylation sites is 1. The number of carbonyl (C=O) groups excluding carboxylic acids is 1. The Hall–Kier alpha value is -2.90. The number of benzene rings is 2. The van der Waals surface area contributed by atoms with Crippen LogP contribution in [0.2, 0.25) is 0 Å². The summed E-state index contributed by atoms with van der Waals surface area (Å²) >= 11 is 0. The van der Waals surface area contributed by atoms with E-state index in [1.807, 2.05) is 24.3 Å². The molecular weight excluding hydrogens is 404 g/mol. The van der Waals surface area contributed by atoms with Gasteiger partial charge in [0.15, 0.2) is 0 Å². The molecule has 4 rings (SSSR count). The Labute approximate surface area is 188 Å². The van der Waals surface area contributed by atoms with E-state index in [0.717, 1.165) is 24.0 Å². The fourth-order valence-corrected chi connectivity index (χ4v) is 4.44. The Morgan fingerprint density at radius 3 is 2.59 bits per heavy atom. The van der Waals surface area contributed by atoms with E-state index in [4.69, 9.17) is 9.84 Å². The lowest BCUT2D eigenvalue weighted by Gasteiger charge is -2.42. The van der Waals surface area contributed by atoms with Crippen molar-refractivity contribution >= 4 is 28.4 Å². The molecule has 3 aromatic rings. The molecule has 0 radical (unpaired) electrons. The maximum absolute atomic E-state index is 12.8. The van der Waals surface area contributed by atoms with E-state index in [2.05, 4.69) is 60.4 Å². The van der Waals surface area contributed by atoms with Crippen molar-refractivity contribution in [1.82, 2.24) is 9.97 Å². The molecule has 0 saturated heterocycles. The van der Waals surface area contributed by atoms with Crippen LogP contribution in [0.4, 0.5) is 16.2 Å². The highest BCUT2D eigenvalue weighted by atomic mass is 16.5. The molecule has 0 spiro atoms. The summed E-state index contributed by atoms with van der Waals surface area (Å²) in [5.41, 5.74) is 5.74. The number of imidazole rings is 1. The van der Waals surface area contributed by atoms with Crippen LogP contribution in [0.3, 0.4) is 0 Å². The zero-order chi connectivity index (χ0) is 22.9. The van der Waals surface area contributed by atoms with E-state index in [1.165, 1.54) is 11.1 Å². The monoisotopic (exact) mass is 436 g/mol. The second kappa shape index (κ2) is 8.56. The summed E-state index contributed by atoms with van der Waals surface area (Å²) in [4.78, 5) is 20.5. The van der Waals surface area contributed by atoms with Crippen LogP contribution >= 0.6 is 0 Å². The van der Waals surface area contributed by atoms with Gasteiger partial charge in [-0.25, -0.2) is 9.78 Å². The number of ether oxygens (including phenoxy) is 1. The topological polar surface area (TPSA) is 99.3 Å². The number of aliphatic hydroxyl groups excluding tert-OH is 1. The lowest BCUT2D eigenvalue weighted by Crippen LogP contribution is -2.34. The van der Waals surface area contributed by atoms with Gasteiger partial charge in [0.1, 0.15) is 17.9 Å². The van der Waals surface area contributed by atoms with Gasteiger partial charge in [0.2, 0.25) is 0 Å². The van der Waals surface area contributed by atoms with Crippen LogP contribution in [0, 0.1) is 0 Å². The molecule has 1 aliphatic rings. The maximum Gasteiger partial charge on any atom is 0.323 e. The molecule has 0 atom stereocenters. The maximum atomic E-state index is 12.8. The number of rotatable bonds is 6. The van der Waals surface area contributed by atoms with Gasteiger partial charge in [-0.05, 0) is 59.1 Å². The van der Waals surface area contributed by atoms with E-state index in [9.17, 15) is 4.79 Å². The van der Waals surface area contributed by atoms with Crippen LogP contribution in [0.5, 0.6) is 0 Å². The quantitative estimate of drug-likeness (QED) is 0.406. The van der Waals surface area contributed by atoms with Crippen molar-refractivity contribution in [3.63, 3.8) is 0 Å². The number of nitrogens with one attached hydrogen (secondary N) is 3. The molecule has 7 nitrogen and oxygen atoms in total. The van der Waals surface area contributed by atoms with E-state index in [0.29, 0.717) is 17.0 Å². The van der Waals surface area contributed by atoms with Crippen LogP contribution in [0.1, 0.15) is 57.5 Å². The van der Waals surface area contributed by atoms with Crippen LogP contribution in [0.15, 0.2) is 36.4 Å². The van der Waals surface area contributed by atoms with Crippen LogP contribution < -0.4 is 10.6 Å². The molecule has 32 heavy (non-hydrogen) atoms. The molecule has 0 saturated carbocycles. The Kier molecular flexibility index (Phi) is 5.97. The van der Waals surface area contributed by atoms with Gasteiger partial charge in [0.05, 0.1) is 24.4 Å². The molecule has 2 amide bonds. The van der Waals surface area contributed by atoms with Gasteiger partial charge in [-0.2, -0.15) is 0 Å². The summed E-state index contributed by atoms with van der Waals surface area (Å²) in [5, 5.41) is 14.8. The molecule has 1 aliphatic carbocycles. The van der Waals surface area contributed by atoms with E-state index in [1.54, 1.807) is 0 Å². The van der Waals surface area contributed by atoms with E-state index in [-0.39, 0.29) is 36.7 Å². The number of anilines is 2. The molecule has 2 aromatic carbocycles. The Balaban J connectivity index is 1.51. The molecule has 7 heteroatoms. The normalized spacial score (nSPS) is 16.5. The van der Waals surface area contributed by atoms with E-state index < -0.39 is 0 Å². The number of urea groups is 1. The first-order chi connectivity index (χ1) is 15.2. The molecule has 0 unspecified atom stereocenters. The second-order valence-corrected chi connectivity index (χ2v) is 9.77. The average molecular weight is 437 g/mol. The lowest BCUT2D eigenvalue weighted by atomic mass is 9.63. The minimum atomic E-state index is -0.314. The van der Waals surface area contributed by atoms with Gasteiger partial charge in [-0.1, -0.05) is 39.8 Å². The van der Waals surface area contributed by atoms with E-state index >= 15 is 0 Å². The number of aliphatic hydroxyl groups is 1. The standard InChI is InChI=1S/C25H32N4O3/c1-24(2)10-11-25(3,4)18-14-16(8-9-17(18)24)26-23(31)28-20-7-5-6-19-22(20)29-21(27-19)15-32-13-12-30/h5-9,14,30H,10-13,15H2,1-4H3,(H,27,29)(H2,26,28,31). The Morgan fingerprint density at radius 1 is 1.09 bits per heavy atom. The summed E-state index contributed by atoms with van der Waals surface area (Å²) in [6.45, 7) is 9.59. The van der Waals surface area contributed by atoms with Crippen molar-refractivity contribution < 1.29 is 14.6 Å². The summed E-state index contributed by atoms with van der Waals surface area (Å²) in [5.74, 6) is 0.641. The molecule has 0 fully saturated rings. The van der Waals surface area contributed by atoms with Gasteiger partial charge in [-0.15, -0.1) is 0 Å². The predicted molar refractivity (Wildman–Crippen MR) is 127 cm³/mol. The number of fused-ring (bicyclic) bond motifs is 2. The van der Waals surface area contributed by atoms with Gasteiger partial charge < -0.3 is 25.5 Å². The highest BCUT2D eigenvalue weighted by Crippen LogP contribution is 2.46. The number of H-pyrrole nitrogens is 1. The third-order valence-corrected chi connectivity index (χ3v) is 6.40. The molecule has 4 N–H and O–H groups in total. The highest BCUT2D eigenvalue weighted by Gasteiger charge is 2.37. The summed E-state index contributed by atoms with van der Waals surface area (Å²) < 4.78 is 5.33. The molecule has 0 aliphatic heterocycles. The first-order valence-electron chi connectivity index (χ1n) is 11.1. The van der Waals surface area contributed by atoms with Crippen LogP contribution in [-0.4, -0.2) is 34.3 Å². The van der Waals surface area contributed by atoms with Crippen molar-refractivity contribution in [2.24, 2.45) is 0 Å². The second-order valence-electron chi connectivity index (χ2n) is 9.77. The zero-order valence-corrected chi connectivity index (χ0v) is 19.2. The fraction of sp³-hybridized carbons (Fsp3) is 0.440. The smallest absolute Gasteiger partial charge is 0.323 e. The number of nitrogens with zero attached hydrogens (tertiary/aromatic N) is 1. The van der Waals surface area contributed by atoms with Crippen LogP contribution in [0.25, 0.3) is 11.0 Å². The SMILES string of the molecule is CC1(C)CCC(C)(C)c2cc(NC(=O)Nc3cccc4[nH]c(COCCO)nc34)ccc21. The lowest BCUT2D eigenvalue weighted by molar-refractivity contribution is 0.0782. The number of amides is 2. The predicted octanol–water partition coefficient (Wildman–Crippen LogP) is 5.06. The first-order valence-corrected chi connectivity index (χ1v) is 11.1. The van der Waals surface area contributed by atoms with Crippen molar-refractivity contribution in [3.8, 4) is 0 Å². The van der Waals surface area contributed by atoms with Crippen LogP contribution in [-0.2, 0) is 22.2 Å². The summed E-state index contributed by atoms with van der Waals surface area (Å²) in [6.07, 6.45) is 2.27. The third kappa shape index (κ3) is 4.49. The molecule has 1 aromatic heterocycles. The van der Waals surface area contributed by atoms with Crippen molar-refractivity contribution in [3.05, 3.63) is 53.3 Å². The van der Waals surface area contributed by atoms with Gasteiger partial charge in [-0.3, -0.25) is 0 Å². The zero-order valence-electron chi connectivity index (χ0n) is 19.2. The number of carbonyl (C=O) groups is 1. The number of hydrogen-bond donors (Lipinski definition) is 4. The first kappa shape index (κ1) is 22.3. The average Bonchev–Trinajstić information content (AvgIpc) is 3.16. The Morgan fingerprint density at radius 2 is 1.84 bits per heavy atom. The summed E-state index contributed by atoms with van der Waals surface area (Å²) in [7, 11) is 0. The molecule has 1 heterocycles. The highest BCUT2D eigenvalue weighted by molar-refractivity contribution is 6.04. The number of aromatic amines is 1. The van der Waals surface area contributed by atoms with Gasteiger partial charge in [0, 0.05) is 5.69 Å². The molecule has 170 valence electrons. The number of aromatic nitrogens is 2. The third-order valence-electron chi connectivity index (χ3n) is 6.40. The minimum absolute atomic E-state index is 0.0371. The van der Waals surface area contributed by atoms with Crippen molar-refractivity contribution in [2.45, 2.75) is 58.0 Å². The largest absolute Gasteiger partial charge is 0.394 e.